The highest BCUT2D eigenvalue weighted by Crippen LogP contribution is 2.44. The summed E-state index contributed by atoms with van der Waals surface area (Å²) in [6.07, 6.45) is 5.01. The molecular weight excluding hydrogens is 384 g/mol. The van der Waals surface area contributed by atoms with Gasteiger partial charge in [-0.05, 0) is 46.4 Å². The number of amides is 1. The fourth-order valence-electron chi connectivity index (χ4n) is 3.66. The van der Waals surface area contributed by atoms with Gasteiger partial charge in [-0.1, -0.05) is 72.3 Å². The van der Waals surface area contributed by atoms with E-state index in [-0.39, 0.29) is 5.92 Å². The second kappa shape index (κ2) is 8.50. The minimum Gasteiger partial charge on any atom is -0.449 e. The van der Waals surface area contributed by atoms with E-state index in [4.69, 9.17) is 16.3 Å². The van der Waals surface area contributed by atoms with Crippen LogP contribution < -0.4 is 5.32 Å². The molecule has 1 aromatic heterocycles. The van der Waals surface area contributed by atoms with Gasteiger partial charge in [0.25, 0.3) is 0 Å². The van der Waals surface area contributed by atoms with Gasteiger partial charge in [0.15, 0.2) is 0 Å². The van der Waals surface area contributed by atoms with Crippen LogP contribution in [-0.2, 0) is 4.74 Å². The average molecular weight is 405 g/mol. The highest BCUT2D eigenvalue weighted by atomic mass is 35.5. The summed E-state index contributed by atoms with van der Waals surface area (Å²) >= 11 is 5.93. The van der Waals surface area contributed by atoms with Crippen LogP contribution in [0.25, 0.3) is 17.2 Å². The lowest BCUT2D eigenvalue weighted by Gasteiger charge is -2.14. The zero-order chi connectivity index (χ0) is 20.2. The highest BCUT2D eigenvalue weighted by Gasteiger charge is 2.28. The molecule has 0 bridgehead atoms. The quantitative estimate of drug-likeness (QED) is 0.563. The summed E-state index contributed by atoms with van der Waals surface area (Å²) in [5, 5.41) is 3.26. The van der Waals surface area contributed by atoms with Crippen LogP contribution >= 0.6 is 11.6 Å². The van der Waals surface area contributed by atoms with Gasteiger partial charge in [-0.2, -0.15) is 0 Å². The van der Waals surface area contributed by atoms with Crippen LogP contribution in [0, 0.1) is 6.92 Å². The van der Waals surface area contributed by atoms with Gasteiger partial charge in [-0.25, -0.2) is 9.78 Å². The van der Waals surface area contributed by atoms with E-state index in [1.54, 1.807) is 6.20 Å². The van der Waals surface area contributed by atoms with E-state index in [0.717, 1.165) is 11.1 Å². The van der Waals surface area contributed by atoms with E-state index in [1.807, 2.05) is 49.4 Å². The maximum Gasteiger partial charge on any atom is 0.407 e. The lowest BCUT2D eigenvalue weighted by Crippen LogP contribution is -2.26. The van der Waals surface area contributed by atoms with Crippen LogP contribution in [0.4, 0.5) is 4.79 Å². The van der Waals surface area contributed by atoms with Gasteiger partial charge in [-0.3, -0.25) is 0 Å². The Morgan fingerprint density at radius 1 is 1.14 bits per heavy atom. The summed E-state index contributed by atoms with van der Waals surface area (Å²) in [5.41, 5.74) is 6.68. The number of fused-ring (bicyclic) bond motifs is 3. The summed E-state index contributed by atoms with van der Waals surface area (Å²) in [6.45, 7) is 2.59. The Labute approximate surface area is 175 Å². The molecule has 0 aliphatic heterocycles. The monoisotopic (exact) mass is 404 g/mol. The smallest absolute Gasteiger partial charge is 0.407 e. The Hall–Kier alpha value is -3.11. The first-order chi connectivity index (χ1) is 14.1. The van der Waals surface area contributed by atoms with E-state index in [9.17, 15) is 4.79 Å². The molecule has 1 N–H and O–H groups in total. The van der Waals surface area contributed by atoms with Gasteiger partial charge in [0.2, 0.25) is 0 Å². The number of nitrogens with one attached hydrogen (secondary N) is 1. The van der Waals surface area contributed by atoms with Gasteiger partial charge < -0.3 is 10.1 Å². The predicted octanol–water partition coefficient (Wildman–Crippen LogP) is 5.60. The fourth-order valence-corrected chi connectivity index (χ4v) is 3.76. The Balaban J connectivity index is 1.33. The molecule has 1 heterocycles. The van der Waals surface area contributed by atoms with Crippen LogP contribution in [0.2, 0.25) is 5.15 Å². The highest BCUT2D eigenvalue weighted by molar-refractivity contribution is 6.30. The molecule has 0 saturated carbocycles. The number of ether oxygens (including phenoxy) is 1. The van der Waals surface area contributed by atoms with E-state index in [0.29, 0.717) is 18.3 Å². The molecule has 0 atom stereocenters. The summed E-state index contributed by atoms with van der Waals surface area (Å²) < 4.78 is 5.51. The molecular formula is C24H21ClN2O2. The maximum absolute atomic E-state index is 12.1. The van der Waals surface area contributed by atoms with Gasteiger partial charge in [0, 0.05) is 18.7 Å². The zero-order valence-corrected chi connectivity index (χ0v) is 16.8. The normalized spacial score (nSPS) is 12.6. The molecule has 4 rings (SSSR count). The van der Waals surface area contributed by atoms with Crippen molar-refractivity contribution in [2.45, 2.75) is 12.8 Å². The molecule has 0 unspecified atom stereocenters. The molecule has 2 aromatic carbocycles. The average Bonchev–Trinajstić information content (AvgIpc) is 3.06. The SMILES string of the molecule is Cc1cc(C=CCNC(=O)OCC2c3ccccc3-c3ccccc32)cnc1Cl. The van der Waals surface area contributed by atoms with Gasteiger partial charge >= 0.3 is 6.09 Å². The molecule has 0 fully saturated rings. The predicted molar refractivity (Wildman–Crippen MR) is 116 cm³/mol. The number of carbonyl (C=O) groups excluding carboxylic acids is 1. The van der Waals surface area contributed by atoms with Crippen LogP contribution in [0.3, 0.4) is 0 Å². The summed E-state index contributed by atoms with van der Waals surface area (Å²) in [4.78, 5) is 16.2. The Kier molecular flexibility index (Phi) is 5.63. The number of halogens is 1. The molecule has 146 valence electrons. The molecule has 3 aromatic rings. The first-order valence-electron chi connectivity index (χ1n) is 9.51. The minimum absolute atomic E-state index is 0.0619. The third-order valence-corrected chi connectivity index (χ3v) is 5.45. The maximum atomic E-state index is 12.1. The van der Waals surface area contributed by atoms with E-state index in [2.05, 4.69) is 34.6 Å². The number of nitrogens with zero attached hydrogens (tertiary/aromatic N) is 1. The standard InChI is InChI=1S/C24H21ClN2O2/c1-16-13-17(14-27-23(16)25)7-6-12-26-24(28)29-15-22-20-10-4-2-8-18(20)19-9-3-5-11-21(19)22/h2-11,13-14,22H,12,15H2,1H3,(H,26,28). The topological polar surface area (TPSA) is 51.2 Å². The second-order valence-corrected chi connectivity index (χ2v) is 7.34. The summed E-state index contributed by atoms with van der Waals surface area (Å²) in [7, 11) is 0. The van der Waals surface area contributed by atoms with Crippen molar-refractivity contribution in [3.63, 3.8) is 0 Å². The minimum atomic E-state index is -0.429. The molecule has 29 heavy (non-hydrogen) atoms. The molecule has 1 aliphatic rings. The number of benzene rings is 2. The van der Waals surface area contributed by atoms with Crippen molar-refractivity contribution >= 4 is 23.8 Å². The summed E-state index contributed by atoms with van der Waals surface area (Å²) in [6, 6.07) is 18.5. The number of alkyl carbamates (subject to hydrolysis) is 1. The number of pyridine rings is 1. The Bertz CT molecular complexity index is 1030. The van der Waals surface area contributed by atoms with Crippen LogP contribution in [0.15, 0.2) is 66.9 Å². The van der Waals surface area contributed by atoms with E-state index < -0.39 is 6.09 Å². The number of aromatic nitrogens is 1. The number of hydrogen-bond acceptors (Lipinski definition) is 3. The first kappa shape index (κ1) is 19.2. The van der Waals surface area contributed by atoms with Crippen LogP contribution in [0.1, 0.15) is 28.2 Å². The van der Waals surface area contributed by atoms with Crippen molar-refractivity contribution in [3.8, 4) is 11.1 Å². The summed E-state index contributed by atoms with van der Waals surface area (Å²) in [5.74, 6) is 0.0619. The molecule has 4 nitrogen and oxygen atoms in total. The molecule has 0 saturated heterocycles. The van der Waals surface area contributed by atoms with Crippen molar-refractivity contribution in [1.82, 2.24) is 10.3 Å². The third kappa shape index (κ3) is 4.17. The van der Waals surface area contributed by atoms with Crippen LogP contribution in [0.5, 0.6) is 0 Å². The largest absolute Gasteiger partial charge is 0.449 e. The fraction of sp³-hybridized carbons (Fsp3) is 0.167. The van der Waals surface area contributed by atoms with Crippen molar-refractivity contribution < 1.29 is 9.53 Å². The van der Waals surface area contributed by atoms with Crippen LogP contribution in [-0.4, -0.2) is 24.2 Å². The third-order valence-electron chi connectivity index (χ3n) is 5.05. The van der Waals surface area contributed by atoms with E-state index >= 15 is 0 Å². The lowest BCUT2D eigenvalue weighted by atomic mass is 9.98. The molecule has 0 spiro atoms. The first-order valence-corrected chi connectivity index (χ1v) is 9.89. The van der Waals surface area contributed by atoms with Crippen molar-refractivity contribution in [3.05, 3.63) is 94.3 Å². The lowest BCUT2D eigenvalue weighted by molar-refractivity contribution is 0.144. The molecule has 1 amide bonds. The number of rotatable bonds is 5. The molecule has 0 radical (unpaired) electrons. The number of carbonyl (C=O) groups is 1. The Morgan fingerprint density at radius 2 is 1.79 bits per heavy atom. The van der Waals surface area contributed by atoms with Gasteiger partial charge in [0.05, 0.1) is 0 Å². The second-order valence-electron chi connectivity index (χ2n) is 6.99. The Morgan fingerprint density at radius 3 is 2.45 bits per heavy atom. The van der Waals surface area contributed by atoms with Crippen molar-refractivity contribution in [2.75, 3.05) is 13.2 Å². The molecule has 5 heteroatoms. The van der Waals surface area contributed by atoms with Crippen molar-refractivity contribution in [2.24, 2.45) is 0 Å². The number of aryl methyl sites for hydroxylation is 1. The molecule has 1 aliphatic carbocycles. The van der Waals surface area contributed by atoms with Crippen molar-refractivity contribution in [1.29, 1.82) is 0 Å². The zero-order valence-electron chi connectivity index (χ0n) is 16.1. The number of hydrogen-bond donors (Lipinski definition) is 1. The van der Waals surface area contributed by atoms with Gasteiger partial charge in [-0.15, -0.1) is 0 Å². The van der Waals surface area contributed by atoms with E-state index in [1.165, 1.54) is 22.3 Å². The van der Waals surface area contributed by atoms with Gasteiger partial charge in [0.1, 0.15) is 11.8 Å².